The molecule has 1 aliphatic heterocycles. The minimum atomic E-state index is -3.98. The summed E-state index contributed by atoms with van der Waals surface area (Å²) in [5.41, 5.74) is 3.02. The molecule has 0 spiro atoms. The Morgan fingerprint density at radius 3 is 2.58 bits per heavy atom. The number of para-hydroxylation sites is 1. The zero-order valence-electron chi connectivity index (χ0n) is 16.6. The van der Waals surface area contributed by atoms with Crippen molar-refractivity contribution in [2.45, 2.75) is 10.9 Å². The predicted molar refractivity (Wildman–Crippen MR) is 119 cm³/mol. The first-order chi connectivity index (χ1) is 14.7. The molecular weight excluding hydrogens is 417 g/mol. The smallest absolute Gasteiger partial charge is 0.255 e. The minimum absolute atomic E-state index is 0.117. The van der Waals surface area contributed by atoms with Gasteiger partial charge in [-0.3, -0.25) is 4.79 Å². The number of carbonyl (C=O) groups is 1. The van der Waals surface area contributed by atoms with Crippen LogP contribution in [0, 0.1) is 5.82 Å². The van der Waals surface area contributed by atoms with E-state index in [1.807, 2.05) is 36.2 Å². The van der Waals surface area contributed by atoms with Gasteiger partial charge in [0.25, 0.3) is 5.91 Å². The summed E-state index contributed by atoms with van der Waals surface area (Å²) in [7, 11) is -2.08. The standard InChI is InChI=1S/C23H20FN3O3S/c1-27-20(15-5-4-6-18(24)14-15)11-9-16-13-17(10-12-21(16)27)23(28)26-19-7-2-3-8-22(19)31(25,29)30/h2-14,20H,1H3,(H,26,28)(H2,25,29,30). The highest BCUT2D eigenvalue weighted by Crippen LogP contribution is 2.36. The first kappa shape index (κ1) is 20.8. The molecule has 0 fully saturated rings. The number of anilines is 2. The summed E-state index contributed by atoms with van der Waals surface area (Å²) >= 11 is 0. The number of amides is 1. The SMILES string of the molecule is CN1c2ccc(C(=O)Nc3ccccc3S(N)(=O)=O)cc2C=CC1c1cccc(F)c1. The van der Waals surface area contributed by atoms with Gasteiger partial charge in [-0.2, -0.15) is 0 Å². The third-order valence-electron chi connectivity index (χ3n) is 5.18. The molecule has 1 aliphatic rings. The van der Waals surface area contributed by atoms with Crippen molar-refractivity contribution in [2.75, 3.05) is 17.3 Å². The quantitative estimate of drug-likeness (QED) is 0.647. The molecule has 3 aromatic rings. The lowest BCUT2D eigenvalue weighted by molar-refractivity contribution is 0.102. The van der Waals surface area contributed by atoms with Gasteiger partial charge < -0.3 is 10.2 Å². The molecule has 3 aromatic carbocycles. The van der Waals surface area contributed by atoms with Crippen LogP contribution in [0.2, 0.25) is 0 Å². The van der Waals surface area contributed by atoms with E-state index in [4.69, 9.17) is 5.14 Å². The Balaban J connectivity index is 1.61. The Kier molecular flexibility index (Phi) is 5.34. The van der Waals surface area contributed by atoms with Crippen molar-refractivity contribution in [1.82, 2.24) is 0 Å². The van der Waals surface area contributed by atoms with E-state index in [0.717, 1.165) is 16.8 Å². The predicted octanol–water partition coefficient (Wildman–Crippen LogP) is 3.93. The molecule has 4 rings (SSSR count). The second kappa shape index (κ2) is 7.98. The lowest BCUT2D eigenvalue weighted by atomic mass is 9.96. The largest absolute Gasteiger partial charge is 0.364 e. The van der Waals surface area contributed by atoms with Crippen molar-refractivity contribution in [3.8, 4) is 0 Å². The molecule has 0 aromatic heterocycles. The maximum absolute atomic E-state index is 13.6. The van der Waals surface area contributed by atoms with Gasteiger partial charge in [0, 0.05) is 18.3 Å². The van der Waals surface area contributed by atoms with E-state index in [2.05, 4.69) is 5.32 Å². The number of halogens is 1. The number of likely N-dealkylation sites (N-methyl/N-ethyl adjacent to an activating group) is 1. The van der Waals surface area contributed by atoms with Crippen molar-refractivity contribution >= 4 is 33.4 Å². The molecule has 1 atom stereocenters. The van der Waals surface area contributed by atoms with E-state index in [9.17, 15) is 17.6 Å². The number of hydrogen-bond acceptors (Lipinski definition) is 4. The Morgan fingerprint density at radius 2 is 1.84 bits per heavy atom. The highest BCUT2D eigenvalue weighted by Gasteiger charge is 2.22. The molecule has 0 radical (unpaired) electrons. The number of nitrogens with one attached hydrogen (secondary N) is 1. The van der Waals surface area contributed by atoms with Crippen LogP contribution in [0.15, 0.2) is 77.7 Å². The molecule has 1 amide bonds. The average Bonchev–Trinajstić information content (AvgIpc) is 2.73. The van der Waals surface area contributed by atoms with Gasteiger partial charge in [0.1, 0.15) is 10.7 Å². The number of rotatable bonds is 4. The second-order valence-corrected chi connectivity index (χ2v) is 8.77. The first-order valence-corrected chi connectivity index (χ1v) is 11.0. The number of fused-ring (bicyclic) bond motifs is 1. The molecular formula is C23H20FN3O3S. The molecule has 0 saturated carbocycles. The van der Waals surface area contributed by atoms with Gasteiger partial charge in [0.15, 0.2) is 0 Å². The first-order valence-electron chi connectivity index (χ1n) is 9.48. The van der Waals surface area contributed by atoms with Gasteiger partial charge in [-0.25, -0.2) is 17.9 Å². The molecule has 0 aliphatic carbocycles. The summed E-state index contributed by atoms with van der Waals surface area (Å²) in [5, 5.41) is 7.85. The van der Waals surface area contributed by atoms with Crippen LogP contribution in [0.25, 0.3) is 6.08 Å². The fourth-order valence-electron chi connectivity index (χ4n) is 3.66. The number of carbonyl (C=O) groups excluding carboxylic acids is 1. The topological polar surface area (TPSA) is 92.5 Å². The number of benzene rings is 3. The molecule has 3 N–H and O–H groups in total. The lowest BCUT2D eigenvalue weighted by Gasteiger charge is -2.33. The second-order valence-electron chi connectivity index (χ2n) is 7.24. The summed E-state index contributed by atoms with van der Waals surface area (Å²) in [6.07, 6.45) is 3.83. The molecule has 8 heteroatoms. The summed E-state index contributed by atoms with van der Waals surface area (Å²) in [4.78, 5) is 14.6. The van der Waals surface area contributed by atoms with Crippen molar-refractivity contribution in [1.29, 1.82) is 0 Å². The van der Waals surface area contributed by atoms with Crippen LogP contribution in [0.3, 0.4) is 0 Å². The zero-order chi connectivity index (χ0) is 22.2. The van der Waals surface area contributed by atoms with Gasteiger partial charge in [-0.05, 0) is 53.6 Å². The molecule has 1 heterocycles. The van der Waals surface area contributed by atoms with E-state index in [0.29, 0.717) is 5.56 Å². The third kappa shape index (κ3) is 4.21. The maximum Gasteiger partial charge on any atom is 0.255 e. The summed E-state index contributed by atoms with van der Waals surface area (Å²) in [5.74, 6) is -0.751. The summed E-state index contributed by atoms with van der Waals surface area (Å²) in [6, 6.07) is 17.5. The van der Waals surface area contributed by atoms with Gasteiger partial charge in [0.2, 0.25) is 10.0 Å². The molecule has 1 unspecified atom stereocenters. The third-order valence-corrected chi connectivity index (χ3v) is 6.15. The van der Waals surface area contributed by atoms with Crippen molar-refractivity contribution in [2.24, 2.45) is 5.14 Å². The molecule has 0 bridgehead atoms. The van der Waals surface area contributed by atoms with Crippen molar-refractivity contribution in [3.05, 3.63) is 95.3 Å². The van der Waals surface area contributed by atoms with Gasteiger partial charge in [0.05, 0.1) is 11.7 Å². The zero-order valence-corrected chi connectivity index (χ0v) is 17.4. The number of primary sulfonamides is 1. The van der Waals surface area contributed by atoms with Gasteiger partial charge >= 0.3 is 0 Å². The molecule has 158 valence electrons. The van der Waals surface area contributed by atoms with Crippen LogP contribution in [0.1, 0.15) is 27.5 Å². The van der Waals surface area contributed by atoms with Crippen molar-refractivity contribution < 1.29 is 17.6 Å². The molecule has 6 nitrogen and oxygen atoms in total. The highest BCUT2D eigenvalue weighted by molar-refractivity contribution is 7.89. The Labute approximate surface area is 179 Å². The van der Waals surface area contributed by atoms with E-state index >= 15 is 0 Å². The molecule has 31 heavy (non-hydrogen) atoms. The van der Waals surface area contributed by atoms with E-state index < -0.39 is 15.9 Å². The van der Waals surface area contributed by atoms with Crippen LogP contribution in [-0.4, -0.2) is 21.4 Å². The minimum Gasteiger partial charge on any atom is -0.364 e. The highest BCUT2D eigenvalue weighted by atomic mass is 32.2. The normalized spacial score (nSPS) is 15.5. The number of hydrogen-bond donors (Lipinski definition) is 2. The lowest BCUT2D eigenvalue weighted by Crippen LogP contribution is -2.26. The Hall–Kier alpha value is -3.49. The van der Waals surface area contributed by atoms with E-state index in [-0.39, 0.29) is 22.4 Å². The van der Waals surface area contributed by atoms with Gasteiger partial charge in [-0.1, -0.05) is 36.4 Å². The summed E-state index contributed by atoms with van der Waals surface area (Å²) in [6.45, 7) is 0. The van der Waals surface area contributed by atoms with Crippen LogP contribution < -0.4 is 15.4 Å². The van der Waals surface area contributed by atoms with Crippen LogP contribution in [0.4, 0.5) is 15.8 Å². The Morgan fingerprint density at radius 1 is 1.06 bits per heavy atom. The number of nitrogens with two attached hydrogens (primary N) is 1. The van der Waals surface area contributed by atoms with Crippen LogP contribution in [0.5, 0.6) is 0 Å². The summed E-state index contributed by atoms with van der Waals surface area (Å²) < 4.78 is 37.1. The molecule has 0 saturated heterocycles. The number of nitrogens with zero attached hydrogens (tertiary/aromatic N) is 1. The fourth-order valence-corrected chi connectivity index (χ4v) is 4.36. The number of sulfonamides is 1. The van der Waals surface area contributed by atoms with Crippen LogP contribution >= 0.6 is 0 Å². The van der Waals surface area contributed by atoms with Crippen LogP contribution in [-0.2, 0) is 10.0 Å². The van der Waals surface area contributed by atoms with E-state index in [1.54, 1.807) is 24.3 Å². The maximum atomic E-state index is 13.6. The Bertz CT molecular complexity index is 1300. The monoisotopic (exact) mass is 437 g/mol. The fraction of sp³-hybridized carbons (Fsp3) is 0.0870. The van der Waals surface area contributed by atoms with Crippen molar-refractivity contribution in [3.63, 3.8) is 0 Å². The van der Waals surface area contributed by atoms with Gasteiger partial charge in [-0.15, -0.1) is 0 Å². The van der Waals surface area contributed by atoms with E-state index in [1.165, 1.54) is 30.3 Å². The average molecular weight is 437 g/mol.